The van der Waals surface area contributed by atoms with Crippen LogP contribution in [0.2, 0.25) is 0 Å². The number of hydrogen-bond acceptors (Lipinski definition) is 4. The van der Waals surface area contributed by atoms with Crippen molar-refractivity contribution in [1.82, 2.24) is 4.72 Å². The summed E-state index contributed by atoms with van der Waals surface area (Å²) in [5, 5.41) is 8.90. The summed E-state index contributed by atoms with van der Waals surface area (Å²) in [5.74, 6) is -1.68. The van der Waals surface area contributed by atoms with Gasteiger partial charge < -0.3 is 5.11 Å². The third kappa shape index (κ3) is 3.91. The summed E-state index contributed by atoms with van der Waals surface area (Å²) in [5.41, 5.74) is -0.647. The second-order valence-electron chi connectivity index (χ2n) is 4.18. The van der Waals surface area contributed by atoms with Crippen LogP contribution in [0.15, 0.2) is 17.0 Å². The lowest BCUT2D eigenvalue weighted by atomic mass is 10.2. The third-order valence-corrected chi connectivity index (χ3v) is 5.05. The van der Waals surface area contributed by atoms with E-state index < -0.39 is 38.7 Å². The van der Waals surface area contributed by atoms with E-state index >= 15 is 0 Å². The summed E-state index contributed by atoms with van der Waals surface area (Å²) in [7, 11) is -4.09. The van der Waals surface area contributed by atoms with Crippen molar-refractivity contribution in [3.05, 3.63) is 29.3 Å². The summed E-state index contributed by atoms with van der Waals surface area (Å²) in [6.45, 7) is 0.909. The van der Waals surface area contributed by atoms with E-state index in [4.69, 9.17) is 5.11 Å². The van der Waals surface area contributed by atoms with E-state index in [9.17, 15) is 17.2 Å². The molecule has 0 saturated carbocycles. The van der Waals surface area contributed by atoms with Crippen LogP contribution in [0.25, 0.3) is 0 Å². The number of halogens is 2. The van der Waals surface area contributed by atoms with E-state index in [1.807, 2.05) is 13.2 Å². The molecule has 0 aliphatic carbocycles. The number of rotatable bonds is 7. The molecule has 114 valence electrons. The first-order valence-corrected chi connectivity index (χ1v) is 8.84. The fourth-order valence-electron chi connectivity index (χ4n) is 1.65. The molecule has 2 N–H and O–H groups in total. The van der Waals surface area contributed by atoms with Gasteiger partial charge in [0.15, 0.2) is 5.82 Å². The number of nitrogens with one attached hydrogen (secondary N) is 1. The Morgan fingerprint density at radius 1 is 1.40 bits per heavy atom. The Morgan fingerprint density at radius 3 is 2.55 bits per heavy atom. The van der Waals surface area contributed by atoms with Crippen molar-refractivity contribution in [3.63, 3.8) is 0 Å². The Labute approximate surface area is 121 Å². The van der Waals surface area contributed by atoms with Gasteiger partial charge in [-0.05, 0) is 24.8 Å². The average molecular weight is 325 g/mol. The van der Waals surface area contributed by atoms with Crippen LogP contribution in [-0.4, -0.2) is 31.6 Å². The molecule has 0 aliphatic rings. The fraction of sp³-hybridized carbons (Fsp3) is 0.500. The van der Waals surface area contributed by atoms with Crippen LogP contribution in [0, 0.1) is 11.6 Å². The third-order valence-electron chi connectivity index (χ3n) is 2.78. The van der Waals surface area contributed by atoms with Crippen LogP contribution < -0.4 is 4.72 Å². The number of hydrogen-bond donors (Lipinski definition) is 2. The Hall–Kier alpha value is -0.700. The predicted molar refractivity (Wildman–Crippen MR) is 75.1 cm³/mol. The molecule has 0 bridgehead atoms. The number of sulfonamides is 1. The first kappa shape index (κ1) is 17.4. The van der Waals surface area contributed by atoms with Gasteiger partial charge in [0.05, 0.1) is 12.2 Å². The van der Waals surface area contributed by atoms with Gasteiger partial charge in [-0.2, -0.15) is 11.8 Å². The number of benzene rings is 1. The highest BCUT2D eigenvalue weighted by Crippen LogP contribution is 2.21. The summed E-state index contributed by atoms with van der Waals surface area (Å²) in [6.07, 6.45) is 2.38. The SMILES string of the molecule is CCC(CSC)NS(=O)(=O)c1ccc(F)c(CO)c1F. The molecule has 1 aromatic carbocycles. The van der Waals surface area contributed by atoms with Crippen molar-refractivity contribution < 1.29 is 22.3 Å². The Morgan fingerprint density at radius 2 is 2.05 bits per heavy atom. The van der Waals surface area contributed by atoms with E-state index in [1.165, 1.54) is 11.8 Å². The maximum atomic E-state index is 13.9. The smallest absolute Gasteiger partial charge is 0.243 e. The van der Waals surface area contributed by atoms with Gasteiger partial charge in [0.25, 0.3) is 0 Å². The van der Waals surface area contributed by atoms with Gasteiger partial charge in [0, 0.05) is 11.8 Å². The summed E-state index contributed by atoms with van der Waals surface area (Å²) in [6, 6.07) is 1.36. The van der Waals surface area contributed by atoms with Gasteiger partial charge in [-0.1, -0.05) is 6.92 Å². The standard InChI is InChI=1S/C12H17F2NO3S2/c1-3-8(7-19-2)15-20(17,18)11-5-4-10(13)9(6-16)12(11)14/h4-5,8,15-16H,3,6-7H2,1-2H3. The highest BCUT2D eigenvalue weighted by Gasteiger charge is 2.25. The van der Waals surface area contributed by atoms with Crippen LogP contribution in [0.1, 0.15) is 18.9 Å². The molecule has 1 aromatic rings. The molecular formula is C12H17F2NO3S2. The van der Waals surface area contributed by atoms with Gasteiger partial charge in [-0.3, -0.25) is 0 Å². The molecule has 1 rings (SSSR count). The van der Waals surface area contributed by atoms with Gasteiger partial charge >= 0.3 is 0 Å². The maximum Gasteiger partial charge on any atom is 0.243 e. The van der Waals surface area contributed by atoms with E-state index in [-0.39, 0.29) is 6.04 Å². The molecule has 0 amide bonds. The zero-order valence-electron chi connectivity index (χ0n) is 11.2. The quantitative estimate of drug-likeness (QED) is 0.803. The van der Waals surface area contributed by atoms with Crippen LogP contribution in [0.3, 0.4) is 0 Å². The molecule has 4 nitrogen and oxygen atoms in total. The number of aliphatic hydroxyl groups excluding tert-OH is 1. The minimum atomic E-state index is -4.09. The van der Waals surface area contributed by atoms with E-state index in [0.717, 1.165) is 12.1 Å². The number of thioether (sulfide) groups is 1. The summed E-state index contributed by atoms with van der Waals surface area (Å²) in [4.78, 5) is -0.650. The van der Waals surface area contributed by atoms with Crippen molar-refractivity contribution in [2.75, 3.05) is 12.0 Å². The zero-order valence-corrected chi connectivity index (χ0v) is 12.8. The molecule has 0 fully saturated rings. The van der Waals surface area contributed by atoms with Crippen molar-refractivity contribution in [3.8, 4) is 0 Å². The Bertz CT molecular complexity index is 564. The normalized spacial score (nSPS) is 13.4. The molecule has 0 aliphatic heterocycles. The predicted octanol–water partition coefficient (Wildman–Crippen LogP) is 1.88. The largest absolute Gasteiger partial charge is 0.391 e. The number of aliphatic hydroxyl groups is 1. The van der Waals surface area contributed by atoms with Gasteiger partial charge in [-0.25, -0.2) is 21.9 Å². The van der Waals surface area contributed by atoms with Crippen molar-refractivity contribution >= 4 is 21.8 Å². The van der Waals surface area contributed by atoms with Gasteiger partial charge in [0.2, 0.25) is 10.0 Å². The molecule has 0 aromatic heterocycles. The first-order chi connectivity index (χ1) is 9.37. The lowest BCUT2D eigenvalue weighted by molar-refractivity contribution is 0.267. The van der Waals surface area contributed by atoms with E-state index in [0.29, 0.717) is 12.2 Å². The second-order valence-corrected chi connectivity index (χ2v) is 6.77. The van der Waals surface area contributed by atoms with Crippen molar-refractivity contribution in [1.29, 1.82) is 0 Å². The molecule has 1 unspecified atom stereocenters. The van der Waals surface area contributed by atoms with Crippen LogP contribution in [0.4, 0.5) is 8.78 Å². The molecular weight excluding hydrogens is 308 g/mol. The first-order valence-electron chi connectivity index (χ1n) is 5.96. The lowest BCUT2D eigenvalue weighted by Crippen LogP contribution is -2.36. The highest BCUT2D eigenvalue weighted by molar-refractivity contribution is 7.98. The minimum absolute atomic E-state index is 0.336. The van der Waals surface area contributed by atoms with Crippen molar-refractivity contribution in [2.24, 2.45) is 0 Å². The fourth-order valence-corrected chi connectivity index (χ4v) is 3.90. The van der Waals surface area contributed by atoms with E-state index in [1.54, 1.807) is 0 Å². The molecule has 0 radical (unpaired) electrons. The maximum absolute atomic E-state index is 13.9. The van der Waals surface area contributed by atoms with Crippen LogP contribution in [-0.2, 0) is 16.6 Å². The molecule has 20 heavy (non-hydrogen) atoms. The molecule has 0 heterocycles. The average Bonchev–Trinajstić information content (AvgIpc) is 2.38. The minimum Gasteiger partial charge on any atom is -0.391 e. The van der Waals surface area contributed by atoms with Crippen LogP contribution >= 0.6 is 11.8 Å². The Balaban J connectivity index is 3.16. The molecule has 0 saturated heterocycles. The molecule has 1 atom stereocenters. The second kappa shape index (κ2) is 7.35. The summed E-state index contributed by atoms with van der Waals surface area (Å²) < 4.78 is 53.8. The van der Waals surface area contributed by atoms with Crippen LogP contribution in [0.5, 0.6) is 0 Å². The lowest BCUT2D eigenvalue weighted by Gasteiger charge is -2.17. The zero-order chi connectivity index (χ0) is 15.3. The van der Waals surface area contributed by atoms with Gasteiger partial charge in [0.1, 0.15) is 10.7 Å². The van der Waals surface area contributed by atoms with Gasteiger partial charge in [-0.15, -0.1) is 0 Å². The topological polar surface area (TPSA) is 66.4 Å². The molecule has 8 heteroatoms. The summed E-state index contributed by atoms with van der Waals surface area (Å²) >= 11 is 1.46. The van der Waals surface area contributed by atoms with E-state index in [2.05, 4.69) is 4.72 Å². The van der Waals surface area contributed by atoms with Crippen molar-refractivity contribution in [2.45, 2.75) is 30.9 Å². The Kier molecular flexibility index (Phi) is 6.38. The molecule has 0 spiro atoms. The monoisotopic (exact) mass is 325 g/mol. The highest BCUT2D eigenvalue weighted by atomic mass is 32.2.